The van der Waals surface area contributed by atoms with Crippen LogP contribution in [0, 0.1) is 11.8 Å². The zero-order valence-electron chi connectivity index (χ0n) is 48.1. The van der Waals surface area contributed by atoms with Crippen LogP contribution in [0.5, 0.6) is 0 Å². The van der Waals surface area contributed by atoms with E-state index in [2.05, 4.69) is 74.8 Å². The largest absolute Gasteiger partial charge is 0.444 e. The quantitative estimate of drug-likeness (QED) is 0.0645. The number of nitrogens with two attached hydrogens (primary N) is 1. The van der Waals surface area contributed by atoms with Crippen LogP contribution in [0.15, 0.2) is 20.0 Å². The molecule has 78 heavy (non-hydrogen) atoms. The lowest BCUT2D eigenvalue weighted by atomic mass is 10.0. The molecule has 0 saturated carbocycles. The van der Waals surface area contributed by atoms with Crippen molar-refractivity contribution in [2.24, 2.45) is 11.8 Å². The number of hydrogen-bond donors (Lipinski definition) is 2. The molecule has 0 spiro atoms. The second-order valence-electron chi connectivity index (χ2n) is 23.2. The van der Waals surface area contributed by atoms with Crippen LogP contribution in [0.1, 0.15) is 170 Å². The Bertz CT molecular complexity index is 2650. The minimum Gasteiger partial charge on any atom is -0.444 e. The van der Waals surface area contributed by atoms with E-state index in [1.54, 1.807) is 26.0 Å². The Labute approximate surface area is 494 Å². The summed E-state index contributed by atoms with van der Waals surface area (Å²) in [6.07, 6.45) is 4.77. The third-order valence-electron chi connectivity index (χ3n) is 11.5. The Morgan fingerprint density at radius 2 is 1.10 bits per heavy atom. The summed E-state index contributed by atoms with van der Waals surface area (Å²) < 4.78 is 22.8. The number of nitrogens with one attached hydrogen (secondary N) is 1. The summed E-state index contributed by atoms with van der Waals surface area (Å²) in [6.45, 7) is 31.2. The summed E-state index contributed by atoms with van der Waals surface area (Å²) in [5.41, 5.74) is 8.78. The molecule has 6 heterocycles. The second-order valence-corrected chi connectivity index (χ2v) is 28.8. The van der Waals surface area contributed by atoms with Crippen molar-refractivity contribution in [1.29, 1.82) is 0 Å². The molecule has 0 aliphatic carbocycles. The van der Waals surface area contributed by atoms with Crippen molar-refractivity contribution in [1.82, 2.24) is 24.7 Å². The van der Waals surface area contributed by atoms with Crippen molar-refractivity contribution in [3.05, 3.63) is 40.8 Å². The number of thiazole rings is 2. The van der Waals surface area contributed by atoms with Crippen LogP contribution in [0.4, 0.5) is 24.4 Å². The molecule has 6 rings (SSSR count). The molecule has 0 bridgehead atoms. The SMILES string of the molecule is CC(C)(C)OC(=O)N1CCc2c(sc(N)c2-c2nc(Br)cs2)C1.CC(C)CCCC(=O)OC(=O)CCCC(C)C.CC(C)N(CCC(=O)Nc1sc2c(c1-c1nc(Br)cs1)CCN(C(=O)OC(C)(C)C)C2)C(=O)OC(C)(C)C. The minimum absolute atomic E-state index is 0.116. The lowest BCUT2D eigenvalue weighted by Crippen LogP contribution is -2.42. The predicted molar refractivity (Wildman–Crippen MR) is 321 cm³/mol. The van der Waals surface area contributed by atoms with E-state index in [0.29, 0.717) is 62.3 Å². The van der Waals surface area contributed by atoms with Gasteiger partial charge in [0.15, 0.2) is 0 Å². The number of ether oxygens (including phenoxy) is 4. The molecule has 4 aromatic rings. The molecule has 17 nitrogen and oxygen atoms in total. The van der Waals surface area contributed by atoms with Gasteiger partial charge in [-0.3, -0.25) is 14.4 Å². The number of thiophene rings is 2. The third-order valence-corrected chi connectivity index (χ3v) is 16.8. The van der Waals surface area contributed by atoms with Gasteiger partial charge in [-0.1, -0.05) is 40.5 Å². The molecule has 2 aliphatic heterocycles. The Hall–Kier alpha value is -4.16. The van der Waals surface area contributed by atoms with Crippen molar-refractivity contribution < 1.29 is 47.7 Å². The first kappa shape index (κ1) is 66.4. The van der Waals surface area contributed by atoms with E-state index >= 15 is 0 Å². The number of carbonyl (C=O) groups is 6. The van der Waals surface area contributed by atoms with Crippen LogP contribution in [0.25, 0.3) is 21.1 Å². The standard InChI is InChI=1S/C26H37BrN4O5S2.C15H18BrN3O2S2.C14H26O3/c1-15(2)31(24(34)36-26(6,7)8)12-10-19(32)29-22-20(21-28-18(27)14-37-21)16-9-11-30(13-17(16)38-22)23(33)35-25(3,4)5;1-15(2,3)21-14(20)19-5-4-8-9(6-19)23-12(17)11(8)13-18-10(16)7-22-13;1-11(2)7-5-9-13(15)17-14(16)10-6-8-12(3)4/h14-15H,9-13H2,1-8H3,(H,29,32);7H,4-6,17H2,1-3H3;11-12H,5-10H2,1-4H3. The Balaban J connectivity index is 0.000000278. The monoisotopic (exact) mass is 1290 g/mol. The van der Waals surface area contributed by atoms with Crippen molar-refractivity contribution >= 4 is 123 Å². The number of amides is 4. The minimum atomic E-state index is -0.618. The van der Waals surface area contributed by atoms with Gasteiger partial charge in [0.05, 0.1) is 18.1 Å². The first-order chi connectivity index (χ1) is 36.2. The number of halogens is 2. The number of rotatable bonds is 15. The van der Waals surface area contributed by atoms with Crippen LogP contribution >= 0.6 is 77.2 Å². The van der Waals surface area contributed by atoms with Gasteiger partial charge >= 0.3 is 30.2 Å². The van der Waals surface area contributed by atoms with E-state index < -0.39 is 22.9 Å². The summed E-state index contributed by atoms with van der Waals surface area (Å²) in [6, 6.07) is -0.117. The molecule has 0 fully saturated rings. The number of esters is 2. The van der Waals surface area contributed by atoms with E-state index in [0.717, 1.165) is 82.8 Å². The van der Waals surface area contributed by atoms with Gasteiger partial charge in [-0.25, -0.2) is 24.4 Å². The molecule has 0 saturated heterocycles. The van der Waals surface area contributed by atoms with Gasteiger partial charge in [-0.05, 0) is 157 Å². The van der Waals surface area contributed by atoms with Crippen molar-refractivity contribution in [3.8, 4) is 21.1 Å². The summed E-state index contributed by atoms with van der Waals surface area (Å²) in [4.78, 5) is 89.4. The number of anilines is 2. The molecular formula is C55H81Br2N7O10S4. The predicted octanol–water partition coefficient (Wildman–Crippen LogP) is 15.1. The van der Waals surface area contributed by atoms with Crippen molar-refractivity contribution in [2.45, 2.75) is 198 Å². The maximum absolute atomic E-state index is 13.1. The van der Waals surface area contributed by atoms with Gasteiger partial charge in [0, 0.05) is 76.6 Å². The highest BCUT2D eigenvalue weighted by molar-refractivity contribution is 9.10. The fraction of sp³-hybridized carbons (Fsp3) is 0.636. The zero-order valence-corrected chi connectivity index (χ0v) is 54.5. The Morgan fingerprint density at radius 3 is 1.51 bits per heavy atom. The molecule has 0 aromatic carbocycles. The number of carbonyl (C=O) groups excluding carboxylic acids is 6. The summed E-state index contributed by atoms with van der Waals surface area (Å²) in [5, 5.41) is 10.1. The van der Waals surface area contributed by atoms with Gasteiger partial charge in [0.2, 0.25) is 5.91 Å². The molecule has 0 atom stereocenters. The van der Waals surface area contributed by atoms with Crippen molar-refractivity contribution in [2.75, 3.05) is 30.7 Å². The lowest BCUT2D eigenvalue weighted by molar-refractivity contribution is -0.159. The lowest BCUT2D eigenvalue weighted by Gasteiger charge is -2.30. The van der Waals surface area contributed by atoms with Gasteiger partial charge < -0.3 is 44.7 Å². The van der Waals surface area contributed by atoms with E-state index in [1.807, 2.05) is 86.9 Å². The molecule has 2 aliphatic rings. The molecular weight excluding hydrogens is 1210 g/mol. The van der Waals surface area contributed by atoms with Crippen LogP contribution in [0.2, 0.25) is 0 Å². The van der Waals surface area contributed by atoms with Crippen LogP contribution in [-0.4, -0.2) is 103 Å². The highest BCUT2D eigenvalue weighted by atomic mass is 79.9. The fourth-order valence-electron chi connectivity index (χ4n) is 7.91. The third kappa shape index (κ3) is 22.1. The molecule has 0 unspecified atom stereocenters. The average molecular weight is 1290 g/mol. The number of nitrogens with zero attached hydrogens (tertiary/aromatic N) is 5. The average Bonchev–Trinajstić information content (AvgIpc) is 4.09. The second kappa shape index (κ2) is 29.5. The van der Waals surface area contributed by atoms with Gasteiger partial charge in [-0.2, -0.15) is 0 Å². The topological polar surface area (TPSA) is 213 Å². The first-order valence-corrected chi connectivity index (χ1v) is 31.4. The highest BCUT2D eigenvalue weighted by Crippen LogP contribution is 2.46. The first-order valence-electron chi connectivity index (χ1n) is 26.5. The van der Waals surface area contributed by atoms with E-state index in [4.69, 9.17) is 24.7 Å². The Kier molecular flexibility index (Phi) is 25.1. The smallest absolute Gasteiger partial charge is 0.410 e. The maximum atomic E-state index is 13.1. The molecule has 4 amide bonds. The molecule has 23 heteroatoms. The number of aromatic nitrogens is 2. The molecule has 3 N–H and O–H groups in total. The summed E-state index contributed by atoms with van der Waals surface area (Å²) >= 11 is 12.9. The maximum Gasteiger partial charge on any atom is 0.410 e. The molecule has 0 radical (unpaired) electrons. The Morgan fingerprint density at radius 1 is 0.667 bits per heavy atom. The van der Waals surface area contributed by atoms with E-state index in [1.165, 1.54) is 39.6 Å². The number of hydrogen-bond acceptors (Lipinski definition) is 17. The van der Waals surface area contributed by atoms with Gasteiger partial charge in [0.1, 0.15) is 41.0 Å². The van der Waals surface area contributed by atoms with Gasteiger partial charge in [-0.15, -0.1) is 45.3 Å². The van der Waals surface area contributed by atoms with E-state index in [9.17, 15) is 28.8 Å². The number of fused-ring (bicyclic) bond motifs is 2. The van der Waals surface area contributed by atoms with Crippen LogP contribution < -0.4 is 11.1 Å². The van der Waals surface area contributed by atoms with Gasteiger partial charge in [0.25, 0.3) is 0 Å². The molecule has 4 aromatic heterocycles. The highest BCUT2D eigenvalue weighted by Gasteiger charge is 2.33. The summed E-state index contributed by atoms with van der Waals surface area (Å²) in [7, 11) is 0. The van der Waals surface area contributed by atoms with Crippen LogP contribution in [0.3, 0.4) is 0 Å². The normalized spacial score (nSPS) is 13.4. The fourth-order valence-corrected chi connectivity index (χ4v) is 13.1. The zero-order chi connectivity index (χ0) is 58.4. The van der Waals surface area contributed by atoms with Crippen LogP contribution in [-0.2, 0) is 59.3 Å². The van der Waals surface area contributed by atoms with E-state index in [-0.39, 0.29) is 49.0 Å². The van der Waals surface area contributed by atoms with Crippen molar-refractivity contribution in [3.63, 3.8) is 0 Å². The molecule has 434 valence electrons. The summed E-state index contributed by atoms with van der Waals surface area (Å²) in [5.74, 6) is 0.216. The number of nitrogen functional groups attached to an aromatic ring is 1.